The van der Waals surface area contributed by atoms with Crippen molar-refractivity contribution in [1.29, 1.82) is 0 Å². The normalized spacial score (nSPS) is 14.8. The molecular formula is C22H22ClN3O2S. The van der Waals surface area contributed by atoms with Gasteiger partial charge in [0.25, 0.3) is 5.56 Å². The lowest BCUT2D eigenvalue weighted by molar-refractivity contribution is -0.119. The highest BCUT2D eigenvalue weighted by Crippen LogP contribution is 2.26. The Morgan fingerprint density at radius 3 is 2.62 bits per heavy atom. The second kappa shape index (κ2) is 9.01. The predicted molar refractivity (Wildman–Crippen MR) is 118 cm³/mol. The summed E-state index contributed by atoms with van der Waals surface area (Å²) < 4.78 is 1.50. The van der Waals surface area contributed by atoms with E-state index in [0.717, 1.165) is 25.7 Å². The molecule has 2 aromatic carbocycles. The van der Waals surface area contributed by atoms with Gasteiger partial charge in [0.1, 0.15) is 0 Å². The average molecular weight is 428 g/mol. The van der Waals surface area contributed by atoms with Crippen LogP contribution in [0.15, 0.2) is 58.5 Å². The van der Waals surface area contributed by atoms with E-state index in [0.29, 0.717) is 26.8 Å². The van der Waals surface area contributed by atoms with Gasteiger partial charge in [-0.05, 0) is 37.1 Å². The van der Waals surface area contributed by atoms with Crippen LogP contribution in [0.5, 0.6) is 0 Å². The van der Waals surface area contributed by atoms with Crippen molar-refractivity contribution in [3.05, 3.63) is 63.9 Å². The second-order valence-corrected chi connectivity index (χ2v) is 8.54. The minimum Gasteiger partial charge on any atom is -0.353 e. The number of rotatable bonds is 5. The van der Waals surface area contributed by atoms with E-state index in [1.807, 2.05) is 24.3 Å². The Morgan fingerprint density at radius 1 is 1.10 bits per heavy atom. The molecule has 1 fully saturated rings. The van der Waals surface area contributed by atoms with Crippen molar-refractivity contribution >= 4 is 40.2 Å². The highest BCUT2D eigenvalue weighted by molar-refractivity contribution is 7.99. The topological polar surface area (TPSA) is 64.0 Å². The van der Waals surface area contributed by atoms with E-state index in [9.17, 15) is 9.59 Å². The van der Waals surface area contributed by atoms with Crippen molar-refractivity contribution in [1.82, 2.24) is 14.9 Å². The maximum Gasteiger partial charge on any atom is 0.266 e. The molecule has 1 saturated carbocycles. The number of carbonyl (C=O) groups excluding carboxylic acids is 1. The first-order chi connectivity index (χ1) is 14.1. The largest absolute Gasteiger partial charge is 0.353 e. The molecule has 1 aliphatic carbocycles. The molecule has 0 aliphatic heterocycles. The van der Waals surface area contributed by atoms with Gasteiger partial charge in [0.05, 0.1) is 27.4 Å². The summed E-state index contributed by atoms with van der Waals surface area (Å²) in [7, 11) is 0. The number of carbonyl (C=O) groups is 1. The van der Waals surface area contributed by atoms with E-state index >= 15 is 0 Å². The molecule has 0 unspecified atom stereocenters. The Kier molecular flexibility index (Phi) is 6.21. The van der Waals surface area contributed by atoms with Gasteiger partial charge < -0.3 is 5.32 Å². The molecule has 1 N–H and O–H groups in total. The maximum atomic E-state index is 13.2. The average Bonchev–Trinajstić information content (AvgIpc) is 2.74. The van der Waals surface area contributed by atoms with Crippen LogP contribution in [-0.4, -0.2) is 27.3 Å². The summed E-state index contributed by atoms with van der Waals surface area (Å²) in [6, 6.07) is 14.6. The zero-order valence-electron chi connectivity index (χ0n) is 15.9. The molecule has 0 spiro atoms. The van der Waals surface area contributed by atoms with Crippen LogP contribution in [0.4, 0.5) is 0 Å². The smallest absolute Gasteiger partial charge is 0.266 e. The molecule has 1 amide bonds. The number of nitrogens with zero attached hydrogens (tertiary/aromatic N) is 2. The number of thioether (sulfide) groups is 1. The number of nitrogens with one attached hydrogen (secondary N) is 1. The monoisotopic (exact) mass is 427 g/mol. The van der Waals surface area contributed by atoms with E-state index in [1.54, 1.807) is 24.3 Å². The number of halogens is 1. The number of amides is 1. The fraction of sp³-hybridized carbons (Fsp3) is 0.318. The Morgan fingerprint density at radius 2 is 1.83 bits per heavy atom. The third kappa shape index (κ3) is 4.49. The quantitative estimate of drug-likeness (QED) is 0.478. The predicted octanol–water partition coefficient (Wildman–Crippen LogP) is 4.58. The summed E-state index contributed by atoms with van der Waals surface area (Å²) in [6.07, 6.45) is 5.64. The van der Waals surface area contributed by atoms with E-state index in [1.165, 1.54) is 22.7 Å². The third-order valence-electron chi connectivity index (χ3n) is 5.14. The highest BCUT2D eigenvalue weighted by atomic mass is 35.5. The molecule has 0 saturated heterocycles. The zero-order chi connectivity index (χ0) is 20.2. The van der Waals surface area contributed by atoms with Crippen LogP contribution in [0.3, 0.4) is 0 Å². The lowest BCUT2D eigenvalue weighted by Gasteiger charge is -2.22. The first kappa shape index (κ1) is 20.0. The number of aromatic nitrogens is 2. The van der Waals surface area contributed by atoms with Gasteiger partial charge in [-0.3, -0.25) is 14.2 Å². The van der Waals surface area contributed by atoms with E-state index in [-0.39, 0.29) is 23.3 Å². The van der Waals surface area contributed by atoms with E-state index < -0.39 is 0 Å². The van der Waals surface area contributed by atoms with Crippen LogP contribution >= 0.6 is 23.4 Å². The van der Waals surface area contributed by atoms with E-state index in [2.05, 4.69) is 10.3 Å². The lowest BCUT2D eigenvalue weighted by atomic mass is 9.95. The molecule has 0 radical (unpaired) electrons. The van der Waals surface area contributed by atoms with Crippen molar-refractivity contribution in [2.75, 3.05) is 5.75 Å². The van der Waals surface area contributed by atoms with Crippen LogP contribution < -0.4 is 10.9 Å². The number of benzene rings is 2. The fourth-order valence-corrected chi connectivity index (χ4v) is 4.74. The van der Waals surface area contributed by atoms with Crippen molar-refractivity contribution in [3.63, 3.8) is 0 Å². The minimum absolute atomic E-state index is 0.0324. The first-order valence-electron chi connectivity index (χ1n) is 9.82. The van der Waals surface area contributed by atoms with Crippen LogP contribution in [0.1, 0.15) is 32.1 Å². The molecule has 150 valence electrons. The van der Waals surface area contributed by atoms with Gasteiger partial charge >= 0.3 is 0 Å². The highest BCUT2D eigenvalue weighted by Gasteiger charge is 2.19. The van der Waals surface area contributed by atoms with Crippen LogP contribution in [0.2, 0.25) is 5.02 Å². The summed E-state index contributed by atoms with van der Waals surface area (Å²) in [5.41, 5.74) is 0.975. The Hall–Kier alpha value is -2.31. The summed E-state index contributed by atoms with van der Waals surface area (Å²) in [4.78, 5) is 30.3. The van der Waals surface area contributed by atoms with Crippen molar-refractivity contribution in [2.45, 2.75) is 43.3 Å². The fourth-order valence-electron chi connectivity index (χ4n) is 3.70. The van der Waals surface area contributed by atoms with Crippen molar-refractivity contribution in [2.24, 2.45) is 0 Å². The Labute approximate surface area is 178 Å². The molecule has 1 aromatic heterocycles. The molecular weight excluding hydrogens is 406 g/mol. The summed E-state index contributed by atoms with van der Waals surface area (Å²) in [5, 5.41) is 4.54. The number of fused-ring (bicyclic) bond motifs is 1. The van der Waals surface area contributed by atoms with Gasteiger partial charge in [0.15, 0.2) is 5.16 Å². The SMILES string of the molecule is O=C(CSc1nc2ccccc2c(=O)n1-c1ccccc1Cl)NC1CCCCC1. The summed E-state index contributed by atoms with van der Waals surface area (Å²) >= 11 is 7.63. The van der Waals surface area contributed by atoms with Gasteiger partial charge in [-0.15, -0.1) is 0 Å². The van der Waals surface area contributed by atoms with Crippen LogP contribution in [0.25, 0.3) is 16.6 Å². The molecule has 29 heavy (non-hydrogen) atoms. The molecule has 5 nitrogen and oxygen atoms in total. The van der Waals surface area contributed by atoms with Crippen molar-refractivity contribution in [3.8, 4) is 5.69 Å². The third-order valence-corrected chi connectivity index (χ3v) is 6.40. The molecule has 7 heteroatoms. The van der Waals surface area contributed by atoms with Gasteiger partial charge in [0, 0.05) is 6.04 Å². The standard InChI is InChI=1S/C22H22ClN3O2S/c23-17-11-5-7-13-19(17)26-21(28)16-10-4-6-12-18(16)25-22(26)29-14-20(27)24-15-8-2-1-3-9-15/h4-7,10-13,15H,1-3,8-9,14H2,(H,24,27). The Balaban J connectivity index is 1.65. The lowest BCUT2D eigenvalue weighted by Crippen LogP contribution is -2.37. The van der Waals surface area contributed by atoms with Gasteiger partial charge in [-0.2, -0.15) is 0 Å². The molecule has 0 atom stereocenters. The molecule has 3 aromatic rings. The molecule has 1 aliphatic rings. The van der Waals surface area contributed by atoms with E-state index in [4.69, 9.17) is 11.6 Å². The summed E-state index contributed by atoms with van der Waals surface area (Å²) in [6.45, 7) is 0. The number of hydrogen-bond donors (Lipinski definition) is 1. The van der Waals surface area contributed by atoms with Gasteiger partial charge in [-0.1, -0.05) is 66.9 Å². The maximum absolute atomic E-state index is 13.2. The van der Waals surface area contributed by atoms with Gasteiger partial charge in [0.2, 0.25) is 5.91 Å². The van der Waals surface area contributed by atoms with Crippen LogP contribution in [0, 0.1) is 0 Å². The zero-order valence-corrected chi connectivity index (χ0v) is 17.5. The molecule has 4 rings (SSSR count). The molecule has 0 bridgehead atoms. The van der Waals surface area contributed by atoms with Gasteiger partial charge in [-0.25, -0.2) is 4.98 Å². The summed E-state index contributed by atoms with van der Waals surface area (Å²) in [5.74, 6) is 0.168. The first-order valence-corrected chi connectivity index (χ1v) is 11.2. The second-order valence-electron chi connectivity index (χ2n) is 7.19. The van der Waals surface area contributed by atoms with Crippen LogP contribution in [-0.2, 0) is 4.79 Å². The molecule has 1 heterocycles. The van der Waals surface area contributed by atoms with Crippen molar-refractivity contribution < 1.29 is 4.79 Å². The number of para-hydroxylation sites is 2. The Bertz CT molecular complexity index is 1090. The minimum atomic E-state index is -0.195. The number of hydrogen-bond acceptors (Lipinski definition) is 4.